The van der Waals surface area contributed by atoms with Gasteiger partial charge in [-0.05, 0) is 57.4 Å². The summed E-state index contributed by atoms with van der Waals surface area (Å²) in [5, 5.41) is 0. The lowest BCUT2D eigenvalue weighted by atomic mass is 9.70. The van der Waals surface area contributed by atoms with E-state index in [1.54, 1.807) is 0 Å². The first kappa shape index (κ1) is 19.4. The molecular formula is C23H32N2O3. The summed E-state index contributed by atoms with van der Waals surface area (Å²) in [6.07, 6.45) is 7.00. The van der Waals surface area contributed by atoms with Crippen LogP contribution in [-0.2, 0) is 20.7 Å². The van der Waals surface area contributed by atoms with E-state index in [0.29, 0.717) is 25.6 Å². The van der Waals surface area contributed by atoms with Gasteiger partial charge in [0.05, 0.1) is 18.6 Å². The van der Waals surface area contributed by atoms with E-state index in [2.05, 4.69) is 17.0 Å². The van der Waals surface area contributed by atoms with E-state index >= 15 is 0 Å². The van der Waals surface area contributed by atoms with Crippen molar-refractivity contribution in [1.82, 2.24) is 9.80 Å². The van der Waals surface area contributed by atoms with Crippen LogP contribution in [-0.4, -0.2) is 60.0 Å². The van der Waals surface area contributed by atoms with Gasteiger partial charge >= 0.3 is 5.97 Å². The van der Waals surface area contributed by atoms with E-state index in [4.69, 9.17) is 4.74 Å². The second-order valence-electron chi connectivity index (χ2n) is 8.60. The minimum atomic E-state index is -0.525. The Balaban J connectivity index is 1.54. The zero-order valence-corrected chi connectivity index (χ0v) is 16.9. The molecule has 3 aliphatic rings. The molecule has 3 fully saturated rings. The quantitative estimate of drug-likeness (QED) is 0.708. The first-order valence-corrected chi connectivity index (χ1v) is 10.9. The number of esters is 1. The number of rotatable bonds is 6. The maximum Gasteiger partial charge on any atom is 0.314 e. The second-order valence-corrected chi connectivity index (χ2v) is 8.60. The molecule has 0 aromatic heterocycles. The largest absolute Gasteiger partial charge is 0.466 e. The van der Waals surface area contributed by atoms with Crippen molar-refractivity contribution < 1.29 is 14.3 Å². The summed E-state index contributed by atoms with van der Waals surface area (Å²) in [4.78, 5) is 30.4. The monoisotopic (exact) mass is 384 g/mol. The van der Waals surface area contributed by atoms with E-state index in [9.17, 15) is 9.59 Å². The molecule has 0 N–H and O–H groups in total. The Kier molecular flexibility index (Phi) is 5.72. The van der Waals surface area contributed by atoms with Crippen molar-refractivity contribution in [3.8, 4) is 0 Å². The molecule has 5 heteroatoms. The van der Waals surface area contributed by atoms with Crippen LogP contribution in [0, 0.1) is 5.41 Å². The summed E-state index contributed by atoms with van der Waals surface area (Å²) in [6, 6.07) is 10.7. The first-order chi connectivity index (χ1) is 13.6. The van der Waals surface area contributed by atoms with Gasteiger partial charge < -0.3 is 9.64 Å². The van der Waals surface area contributed by atoms with Crippen molar-refractivity contribution in [3.63, 3.8) is 0 Å². The van der Waals surface area contributed by atoms with Gasteiger partial charge in [-0.2, -0.15) is 0 Å². The third-order valence-corrected chi connectivity index (χ3v) is 6.95. The molecule has 5 nitrogen and oxygen atoms in total. The molecule has 1 aromatic carbocycles. The van der Waals surface area contributed by atoms with Crippen molar-refractivity contribution in [2.75, 3.05) is 26.2 Å². The molecule has 2 bridgehead atoms. The number of fused-ring (bicyclic) bond motifs is 2. The van der Waals surface area contributed by atoms with Crippen molar-refractivity contribution in [2.24, 2.45) is 5.41 Å². The Bertz CT molecular complexity index is 701. The van der Waals surface area contributed by atoms with Crippen LogP contribution in [0.25, 0.3) is 0 Å². The maximum absolute atomic E-state index is 13.2. The number of carbonyl (C=O) groups excluding carboxylic acids is 2. The molecule has 0 spiro atoms. The highest BCUT2D eigenvalue weighted by atomic mass is 16.5. The summed E-state index contributed by atoms with van der Waals surface area (Å²) >= 11 is 0. The van der Waals surface area contributed by atoms with E-state index in [1.165, 1.54) is 12.0 Å². The molecule has 0 radical (unpaired) electrons. The van der Waals surface area contributed by atoms with E-state index < -0.39 is 5.41 Å². The lowest BCUT2D eigenvalue weighted by Crippen LogP contribution is -2.49. The zero-order chi connectivity index (χ0) is 19.6. The number of benzene rings is 1. The summed E-state index contributed by atoms with van der Waals surface area (Å²) in [5.41, 5.74) is 0.646. The average molecular weight is 385 g/mol. The molecule has 0 saturated carbocycles. The van der Waals surface area contributed by atoms with Crippen LogP contribution in [0.3, 0.4) is 0 Å². The summed E-state index contributed by atoms with van der Waals surface area (Å²) < 4.78 is 5.56. The van der Waals surface area contributed by atoms with Crippen LogP contribution in [0.1, 0.15) is 51.0 Å². The number of likely N-dealkylation sites (tertiary alicyclic amines) is 1. The van der Waals surface area contributed by atoms with E-state index in [0.717, 1.165) is 45.2 Å². The highest BCUT2D eigenvalue weighted by Crippen LogP contribution is 2.52. The molecule has 1 aromatic rings. The van der Waals surface area contributed by atoms with Crippen molar-refractivity contribution >= 4 is 11.9 Å². The molecule has 3 heterocycles. The fraction of sp³-hybridized carbons (Fsp3) is 0.652. The molecule has 152 valence electrons. The predicted molar refractivity (Wildman–Crippen MR) is 108 cm³/mol. The Morgan fingerprint density at radius 2 is 1.86 bits per heavy atom. The van der Waals surface area contributed by atoms with Gasteiger partial charge in [-0.15, -0.1) is 0 Å². The SMILES string of the molecule is CCOC(=O)[C@@]1(Cc2ccccc2)C[C@H]2CC[C@@H]1N2CC(=O)N1CCCCC1. The van der Waals surface area contributed by atoms with Crippen LogP contribution in [0.5, 0.6) is 0 Å². The zero-order valence-electron chi connectivity index (χ0n) is 16.9. The number of hydrogen-bond acceptors (Lipinski definition) is 4. The summed E-state index contributed by atoms with van der Waals surface area (Å²) in [5.74, 6) is 0.150. The molecule has 28 heavy (non-hydrogen) atoms. The minimum Gasteiger partial charge on any atom is -0.466 e. The predicted octanol–water partition coefficient (Wildman–Crippen LogP) is 3.03. The van der Waals surface area contributed by atoms with Gasteiger partial charge in [0.1, 0.15) is 0 Å². The van der Waals surface area contributed by atoms with Gasteiger partial charge in [0.2, 0.25) is 5.91 Å². The number of hydrogen-bond donors (Lipinski definition) is 0. The normalized spacial score (nSPS) is 29.8. The first-order valence-electron chi connectivity index (χ1n) is 10.9. The molecule has 0 aliphatic carbocycles. The van der Waals surface area contributed by atoms with Crippen LogP contribution < -0.4 is 0 Å². The summed E-state index contributed by atoms with van der Waals surface area (Å²) in [6.45, 7) is 4.49. The Hall–Kier alpha value is -1.88. The third kappa shape index (κ3) is 3.57. The number of piperidine rings is 1. The highest BCUT2D eigenvalue weighted by molar-refractivity contribution is 5.81. The van der Waals surface area contributed by atoms with Gasteiger partial charge in [0.25, 0.3) is 0 Å². The van der Waals surface area contributed by atoms with Crippen molar-refractivity contribution in [1.29, 1.82) is 0 Å². The number of amides is 1. The molecular weight excluding hydrogens is 352 g/mol. The number of carbonyl (C=O) groups is 2. The highest BCUT2D eigenvalue weighted by Gasteiger charge is 2.60. The molecule has 0 unspecified atom stereocenters. The lowest BCUT2D eigenvalue weighted by Gasteiger charge is -2.36. The lowest BCUT2D eigenvalue weighted by molar-refractivity contribution is -0.158. The van der Waals surface area contributed by atoms with Crippen molar-refractivity contribution in [3.05, 3.63) is 35.9 Å². The molecule has 3 atom stereocenters. The summed E-state index contributed by atoms with van der Waals surface area (Å²) in [7, 11) is 0. The van der Waals surface area contributed by atoms with Crippen molar-refractivity contribution in [2.45, 2.75) is 64.0 Å². The third-order valence-electron chi connectivity index (χ3n) is 6.95. The van der Waals surface area contributed by atoms with Gasteiger partial charge in [0.15, 0.2) is 0 Å². The smallest absolute Gasteiger partial charge is 0.314 e. The molecule has 4 rings (SSSR count). The van der Waals surface area contributed by atoms with Gasteiger partial charge in [-0.1, -0.05) is 30.3 Å². The number of ether oxygens (including phenoxy) is 1. The second kappa shape index (κ2) is 8.24. The van der Waals surface area contributed by atoms with E-state index in [1.807, 2.05) is 30.0 Å². The standard InChI is InChI=1S/C23H32N2O3/c1-2-28-22(27)23(15-18-9-5-3-6-10-18)16-19-11-12-20(23)25(19)17-21(26)24-13-7-4-8-14-24/h3,5-6,9-10,19-20H,2,4,7-8,11-17H2,1H3/t19-,20+,23+/m1/s1. The fourth-order valence-corrected chi connectivity index (χ4v) is 5.66. The maximum atomic E-state index is 13.2. The molecule has 1 amide bonds. The average Bonchev–Trinajstić information content (AvgIpc) is 3.24. The molecule has 3 aliphatic heterocycles. The van der Waals surface area contributed by atoms with Crippen LogP contribution in [0.2, 0.25) is 0 Å². The number of nitrogens with zero attached hydrogens (tertiary/aromatic N) is 2. The Morgan fingerprint density at radius 1 is 1.11 bits per heavy atom. The van der Waals surface area contributed by atoms with Gasteiger partial charge in [0, 0.05) is 25.2 Å². The van der Waals surface area contributed by atoms with Crippen LogP contribution in [0.4, 0.5) is 0 Å². The van der Waals surface area contributed by atoms with Gasteiger partial charge in [-0.3, -0.25) is 14.5 Å². The molecule has 3 saturated heterocycles. The Labute approximate surface area is 168 Å². The van der Waals surface area contributed by atoms with Crippen LogP contribution >= 0.6 is 0 Å². The topological polar surface area (TPSA) is 49.9 Å². The van der Waals surface area contributed by atoms with Gasteiger partial charge in [-0.25, -0.2) is 0 Å². The Morgan fingerprint density at radius 3 is 2.57 bits per heavy atom. The fourth-order valence-electron chi connectivity index (χ4n) is 5.66. The van der Waals surface area contributed by atoms with Crippen LogP contribution in [0.15, 0.2) is 30.3 Å². The minimum absolute atomic E-state index is 0.0820. The van der Waals surface area contributed by atoms with E-state index in [-0.39, 0.29) is 17.9 Å².